The molecule has 0 bridgehead atoms. The van der Waals surface area contributed by atoms with Gasteiger partial charge >= 0.3 is 0 Å². The van der Waals surface area contributed by atoms with Gasteiger partial charge in [-0.25, -0.2) is 0 Å². The van der Waals surface area contributed by atoms with E-state index in [9.17, 15) is 0 Å². The zero-order valence-electron chi connectivity index (χ0n) is 10.1. The van der Waals surface area contributed by atoms with Crippen LogP contribution in [0.1, 0.15) is 25.5 Å². The monoisotopic (exact) mass is 221 g/mol. The molecule has 1 aliphatic heterocycles. The van der Waals surface area contributed by atoms with Crippen molar-refractivity contribution in [1.82, 2.24) is 5.32 Å². The molecule has 1 aliphatic rings. The molecule has 1 N–H and O–H groups in total. The molecule has 0 radical (unpaired) electrons. The van der Waals surface area contributed by atoms with Crippen LogP contribution in [0.15, 0.2) is 30.3 Å². The van der Waals surface area contributed by atoms with Gasteiger partial charge in [-0.05, 0) is 26.5 Å². The van der Waals surface area contributed by atoms with Gasteiger partial charge in [-0.2, -0.15) is 0 Å². The zero-order chi connectivity index (χ0) is 11.6. The van der Waals surface area contributed by atoms with E-state index in [1.54, 1.807) is 0 Å². The van der Waals surface area contributed by atoms with Crippen molar-refractivity contribution in [2.24, 2.45) is 0 Å². The molecule has 0 unspecified atom stereocenters. The second-order valence-electron chi connectivity index (χ2n) is 4.56. The molecular weight excluding hydrogens is 202 g/mol. The van der Waals surface area contributed by atoms with Crippen LogP contribution in [-0.2, 0) is 9.47 Å². The lowest BCUT2D eigenvalue weighted by Crippen LogP contribution is -2.49. The number of hydrogen-bond acceptors (Lipinski definition) is 3. The molecule has 1 aromatic carbocycles. The lowest BCUT2D eigenvalue weighted by atomic mass is 10.0. The summed E-state index contributed by atoms with van der Waals surface area (Å²) in [4.78, 5) is 0. The van der Waals surface area contributed by atoms with E-state index in [1.165, 1.54) is 5.56 Å². The van der Waals surface area contributed by atoms with E-state index in [2.05, 4.69) is 17.4 Å². The van der Waals surface area contributed by atoms with Crippen LogP contribution in [0.4, 0.5) is 0 Å². The number of hydrogen-bond donors (Lipinski definition) is 1. The molecule has 16 heavy (non-hydrogen) atoms. The van der Waals surface area contributed by atoms with Gasteiger partial charge in [0, 0.05) is 0 Å². The average Bonchev–Trinajstić information content (AvgIpc) is 2.29. The molecule has 88 valence electrons. The van der Waals surface area contributed by atoms with E-state index in [4.69, 9.17) is 9.47 Å². The Bertz CT molecular complexity index is 337. The van der Waals surface area contributed by atoms with E-state index < -0.39 is 5.79 Å². The largest absolute Gasteiger partial charge is 0.349 e. The molecule has 1 fully saturated rings. The summed E-state index contributed by atoms with van der Waals surface area (Å²) in [6, 6.07) is 10.5. The highest BCUT2D eigenvalue weighted by atomic mass is 16.7. The van der Waals surface area contributed by atoms with Crippen LogP contribution in [0.3, 0.4) is 0 Å². The molecule has 0 aliphatic carbocycles. The highest BCUT2D eigenvalue weighted by Gasteiger charge is 2.36. The summed E-state index contributed by atoms with van der Waals surface area (Å²) in [5.74, 6) is -0.506. The van der Waals surface area contributed by atoms with Gasteiger partial charge in [0.25, 0.3) is 0 Å². The Morgan fingerprint density at radius 1 is 1.25 bits per heavy atom. The van der Waals surface area contributed by atoms with E-state index >= 15 is 0 Å². The first-order chi connectivity index (χ1) is 7.62. The Morgan fingerprint density at radius 3 is 2.56 bits per heavy atom. The van der Waals surface area contributed by atoms with Crippen molar-refractivity contribution in [2.75, 3.05) is 13.7 Å². The molecule has 1 saturated heterocycles. The van der Waals surface area contributed by atoms with Gasteiger partial charge < -0.3 is 14.8 Å². The molecule has 3 nitrogen and oxygen atoms in total. The first-order valence-corrected chi connectivity index (χ1v) is 5.66. The fourth-order valence-electron chi connectivity index (χ4n) is 1.98. The smallest absolute Gasteiger partial charge is 0.163 e. The Kier molecular flexibility index (Phi) is 3.28. The van der Waals surface area contributed by atoms with Gasteiger partial charge in [-0.3, -0.25) is 0 Å². The number of ether oxygens (including phenoxy) is 2. The average molecular weight is 221 g/mol. The van der Waals surface area contributed by atoms with E-state index in [0.29, 0.717) is 6.61 Å². The van der Waals surface area contributed by atoms with Crippen molar-refractivity contribution in [1.29, 1.82) is 0 Å². The normalized spacial score (nSPS) is 28.9. The molecular formula is C13H19NO2. The van der Waals surface area contributed by atoms with Crippen LogP contribution in [0, 0.1) is 0 Å². The second-order valence-corrected chi connectivity index (χ2v) is 4.56. The van der Waals surface area contributed by atoms with Crippen molar-refractivity contribution < 1.29 is 9.47 Å². The zero-order valence-corrected chi connectivity index (χ0v) is 10.1. The van der Waals surface area contributed by atoms with Gasteiger partial charge in [-0.1, -0.05) is 30.3 Å². The van der Waals surface area contributed by atoms with Crippen LogP contribution < -0.4 is 5.32 Å². The van der Waals surface area contributed by atoms with Gasteiger partial charge in [0.1, 0.15) is 6.10 Å². The second kappa shape index (κ2) is 4.53. The molecule has 1 aromatic rings. The van der Waals surface area contributed by atoms with E-state index in [1.807, 2.05) is 39.1 Å². The summed E-state index contributed by atoms with van der Waals surface area (Å²) in [6.07, 6.45) is 0.0509. The third kappa shape index (κ3) is 2.43. The number of likely N-dealkylation sites (N-methyl/N-ethyl adjacent to an activating group) is 1. The minimum absolute atomic E-state index is 0.0509. The summed E-state index contributed by atoms with van der Waals surface area (Å²) in [6.45, 7) is 4.58. The van der Waals surface area contributed by atoms with Gasteiger partial charge in [0.15, 0.2) is 5.79 Å². The van der Waals surface area contributed by atoms with E-state index in [0.717, 1.165) is 0 Å². The van der Waals surface area contributed by atoms with Crippen LogP contribution in [0.2, 0.25) is 0 Å². The van der Waals surface area contributed by atoms with Crippen LogP contribution >= 0.6 is 0 Å². The molecule has 2 rings (SSSR count). The maximum absolute atomic E-state index is 5.98. The molecule has 1 heterocycles. The Hall–Kier alpha value is -0.900. The summed E-state index contributed by atoms with van der Waals surface area (Å²) < 4.78 is 11.6. The fourth-order valence-corrected chi connectivity index (χ4v) is 1.98. The van der Waals surface area contributed by atoms with Crippen molar-refractivity contribution >= 4 is 0 Å². The minimum Gasteiger partial charge on any atom is -0.349 e. The molecule has 0 aromatic heterocycles. The number of benzene rings is 1. The number of rotatable bonds is 2. The SMILES string of the molecule is CN[C@H]1COC(C)(C)O[C@H]1c1ccccc1. The predicted octanol–water partition coefficient (Wildman–Crippen LogP) is 2.10. The highest BCUT2D eigenvalue weighted by molar-refractivity contribution is 5.19. The lowest BCUT2D eigenvalue weighted by molar-refractivity contribution is -0.284. The highest BCUT2D eigenvalue weighted by Crippen LogP contribution is 2.32. The fraction of sp³-hybridized carbons (Fsp3) is 0.538. The van der Waals surface area contributed by atoms with Gasteiger partial charge in [0.2, 0.25) is 0 Å². The Morgan fingerprint density at radius 2 is 1.94 bits per heavy atom. The Labute approximate surface area is 96.8 Å². The maximum atomic E-state index is 5.98. The Balaban J connectivity index is 2.22. The van der Waals surface area contributed by atoms with Crippen molar-refractivity contribution in [3.8, 4) is 0 Å². The van der Waals surface area contributed by atoms with Gasteiger partial charge in [-0.15, -0.1) is 0 Å². The van der Waals surface area contributed by atoms with E-state index in [-0.39, 0.29) is 12.1 Å². The van der Waals surface area contributed by atoms with Gasteiger partial charge in [0.05, 0.1) is 12.6 Å². The summed E-state index contributed by atoms with van der Waals surface area (Å²) in [7, 11) is 1.94. The van der Waals surface area contributed by atoms with Crippen molar-refractivity contribution in [2.45, 2.75) is 31.8 Å². The number of nitrogens with one attached hydrogen (secondary N) is 1. The predicted molar refractivity (Wildman–Crippen MR) is 63.1 cm³/mol. The lowest BCUT2D eigenvalue weighted by Gasteiger charge is -2.41. The van der Waals surface area contributed by atoms with Crippen molar-refractivity contribution in [3.63, 3.8) is 0 Å². The first-order valence-electron chi connectivity index (χ1n) is 5.66. The third-order valence-corrected chi connectivity index (χ3v) is 2.89. The van der Waals surface area contributed by atoms with Crippen molar-refractivity contribution in [3.05, 3.63) is 35.9 Å². The minimum atomic E-state index is -0.506. The summed E-state index contributed by atoms with van der Waals surface area (Å²) >= 11 is 0. The first kappa shape index (κ1) is 11.6. The molecule has 3 heteroatoms. The molecule has 2 atom stereocenters. The molecule has 0 saturated carbocycles. The van der Waals surface area contributed by atoms with Crippen LogP contribution in [0.5, 0.6) is 0 Å². The molecule has 0 spiro atoms. The summed E-state index contributed by atoms with van der Waals surface area (Å²) in [5.41, 5.74) is 1.19. The van der Waals surface area contributed by atoms with Crippen LogP contribution in [0.25, 0.3) is 0 Å². The molecule has 0 amide bonds. The maximum Gasteiger partial charge on any atom is 0.163 e. The quantitative estimate of drug-likeness (QED) is 0.829. The van der Waals surface area contributed by atoms with Crippen LogP contribution in [-0.4, -0.2) is 25.5 Å². The third-order valence-electron chi connectivity index (χ3n) is 2.89. The standard InChI is InChI=1S/C13H19NO2/c1-13(2)15-9-11(14-3)12(16-13)10-7-5-4-6-8-10/h4-8,11-12,14H,9H2,1-3H3/t11-,12-/m0/s1. The summed E-state index contributed by atoms with van der Waals surface area (Å²) in [5, 5.41) is 3.24. The topological polar surface area (TPSA) is 30.5 Å².